The summed E-state index contributed by atoms with van der Waals surface area (Å²) in [6, 6.07) is 12.3. The number of hydrogen-bond acceptors (Lipinski definition) is 5. The van der Waals surface area contributed by atoms with Crippen molar-refractivity contribution >= 4 is 56.5 Å². The summed E-state index contributed by atoms with van der Waals surface area (Å²) >= 11 is 10.2. The van der Waals surface area contributed by atoms with Gasteiger partial charge in [0, 0.05) is 5.02 Å². The van der Waals surface area contributed by atoms with Gasteiger partial charge < -0.3 is 9.47 Å². The highest BCUT2D eigenvalue weighted by Crippen LogP contribution is 2.33. The number of methoxy groups -OCH3 is 1. The lowest BCUT2D eigenvalue weighted by Gasteiger charge is -2.13. The fraction of sp³-hybridized carbons (Fsp3) is 0.158. The molecular formula is C19H15BrClNO4S. The number of ether oxygens (including phenoxy) is 2. The van der Waals surface area contributed by atoms with Crippen LogP contribution in [0.25, 0.3) is 6.08 Å². The van der Waals surface area contributed by atoms with Crippen molar-refractivity contribution in [1.29, 1.82) is 0 Å². The van der Waals surface area contributed by atoms with E-state index in [4.69, 9.17) is 21.1 Å². The van der Waals surface area contributed by atoms with Gasteiger partial charge in [0.25, 0.3) is 11.1 Å². The van der Waals surface area contributed by atoms with E-state index in [0.717, 1.165) is 21.8 Å². The molecule has 2 aromatic carbocycles. The first-order valence-electron chi connectivity index (χ1n) is 7.95. The van der Waals surface area contributed by atoms with Crippen molar-refractivity contribution in [3.05, 3.63) is 62.4 Å². The van der Waals surface area contributed by atoms with Gasteiger partial charge in [-0.3, -0.25) is 14.5 Å². The van der Waals surface area contributed by atoms with Crippen LogP contribution in [0.3, 0.4) is 0 Å². The fourth-order valence-electron chi connectivity index (χ4n) is 2.40. The Morgan fingerprint density at radius 2 is 1.93 bits per heavy atom. The molecule has 1 aliphatic rings. The highest BCUT2D eigenvalue weighted by Gasteiger charge is 2.34. The summed E-state index contributed by atoms with van der Waals surface area (Å²) in [5.41, 5.74) is 0.797. The number of benzene rings is 2. The lowest BCUT2D eigenvalue weighted by Crippen LogP contribution is -2.32. The second kappa shape index (κ2) is 8.82. The van der Waals surface area contributed by atoms with Crippen LogP contribution < -0.4 is 9.47 Å². The van der Waals surface area contributed by atoms with E-state index in [-0.39, 0.29) is 24.3 Å². The normalized spacial score (nSPS) is 15.5. The first kappa shape index (κ1) is 19.8. The van der Waals surface area contributed by atoms with Crippen LogP contribution in [-0.4, -0.2) is 36.3 Å². The predicted octanol–water partition coefficient (Wildman–Crippen LogP) is 5.23. The van der Waals surface area contributed by atoms with E-state index in [9.17, 15) is 9.59 Å². The van der Waals surface area contributed by atoms with Crippen molar-refractivity contribution in [2.24, 2.45) is 0 Å². The summed E-state index contributed by atoms with van der Waals surface area (Å²) in [6.45, 7) is 0.387. The van der Waals surface area contributed by atoms with Crippen molar-refractivity contribution in [3.8, 4) is 11.5 Å². The zero-order chi connectivity index (χ0) is 19.4. The maximum atomic E-state index is 12.5. The van der Waals surface area contributed by atoms with Crippen molar-refractivity contribution in [2.45, 2.75) is 0 Å². The number of carbonyl (C=O) groups excluding carboxylic acids is 2. The third-order valence-electron chi connectivity index (χ3n) is 3.74. The number of nitrogens with zero attached hydrogens (tertiary/aromatic N) is 1. The highest BCUT2D eigenvalue weighted by atomic mass is 79.9. The van der Waals surface area contributed by atoms with Gasteiger partial charge in [0.15, 0.2) is 0 Å². The molecule has 0 N–H and O–H groups in total. The predicted molar refractivity (Wildman–Crippen MR) is 110 cm³/mol. The number of rotatable bonds is 6. The molecule has 0 saturated carbocycles. The summed E-state index contributed by atoms with van der Waals surface area (Å²) < 4.78 is 11.5. The van der Waals surface area contributed by atoms with E-state index < -0.39 is 0 Å². The Balaban J connectivity index is 1.64. The van der Waals surface area contributed by atoms with E-state index in [2.05, 4.69) is 15.9 Å². The number of carbonyl (C=O) groups is 2. The monoisotopic (exact) mass is 467 g/mol. The molecule has 1 saturated heterocycles. The number of amides is 2. The molecule has 0 aromatic heterocycles. The molecule has 0 spiro atoms. The van der Waals surface area contributed by atoms with Crippen molar-refractivity contribution in [2.75, 3.05) is 20.3 Å². The lowest BCUT2D eigenvalue weighted by atomic mass is 10.2. The van der Waals surface area contributed by atoms with Crippen LogP contribution in [0.1, 0.15) is 5.56 Å². The average Bonchev–Trinajstić information content (AvgIpc) is 2.91. The molecular weight excluding hydrogens is 454 g/mol. The molecule has 2 aromatic rings. The second-order valence-corrected chi connectivity index (χ2v) is 7.81. The highest BCUT2D eigenvalue weighted by molar-refractivity contribution is 9.10. The Morgan fingerprint density at radius 1 is 1.19 bits per heavy atom. The standard InChI is InChI=1S/C19H15BrClNO4S/c1-25-16-7-2-12(10-15(16)20)11-17-18(23)22(19(24)27-17)8-9-26-14-5-3-13(21)4-6-14/h2-7,10-11H,8-9H2,1H3/b17-11-. The fourth-order valence-corrected chi connectivity index (χ4v) is 3.95. The van der Waals surface area contributed by atoms with E-state index in [1.807, 2.05) is 12.1 Å². The molecule has 1 heterocycles. The van der Waals surface area contributed by atoms with Gasteiger partial charge in [-0.2, -0.15) is 0 Å². The van der Waals surface area contributed by atoms with Crippen LogP contribution in [0.5, 0.6) is 11.5 Å². The van der Waals surface area contributed by atoms with Crippen LogP contribution in [0.15, 0.2) is 51.8 Å². The van der Waals surface area contributed by atoms with Crippen LogP contribution >= 0.6 is 39.3 Å². The zero-order valence-electron chi connectivity index (χ0n) is 14.3. The van der Waals surface area contributed by atoms with Crippen LogP contribution in [-0.2, 0) is 4.79 Å². The minimum absolute atomic E-state index is 0.178. The summed E-state index contributed by atoms with van der Waals surface area (Å²) in [5.74, 6) is 1.00. The topological polar surface area (TPSA) is 55.8 Å². The molecule has 0 aliphatic carbocycles. The second-order valence-electron chi connectivity index (χ2n) is 5.53. The number of halogens is 2. The number of thioether (sulfide) groups is 1. The molecule has 5 nitrogen and oxygen atoms in total. The molecule has 140 valence electrons. The first-order chi connectivity index (χ1) is 13.0. The van der Waals surface area contributed by atoms with Gasteiger partial charge in [-0.15, -0.1) is 0 Å². The molecule has 0 bridgehead atoms. The van der Waals surface area contributed by atoms with Gasteiger partial charge in [0.2, 0.25) is 0 Å². The Bertz CT molecular complexity index is 901. The minimum Gasteiger partial charge on any atom is -0.496 e. The third-order valence-corrected chi connectivity index (χ3v) is 5.52. The Kier molecular flexibility index (Phi) is 6.46. The maximum Gasteiger partial charge on any atom is 0.293 e. The van der Waals surface area contributed by atoms with Crippen LogP contribution in [0.2, 0.25) is 5.02 Å². The van der Waals surface area contributed by atoms with Gasteiger partial charge in [0.1, 0.15) is 18.1 Å². The number of hydrogen-bond donors (Lipinski definition) is 0. The molecule has 0 radical (unpaired) electrons. The van der Waals surface area contributed by atoms with E-state index >= 15 is 0 Å². The average molecular weight is 469 g/mol. The summed E-state index contributed by atoms with van der Waals surface area (Å²) in [6.07, 6.45) is 1.69. The summed E-state index contributed by atoms with van der Waals surface area (Å²) in [5, 5.41) is 0.308. The Labute approximate surface area is 174 Å². The first-order valence-corrected chi connectivity index (χ1v) is 9.94. The van der Waals surface area contributed by atoms with Gasteiger partial charge in [-0.1, -0.05) is 17.7 Å². The van der Waals surface area contributed by atoms with Crippen LogP contribution in [0.4, 0.5) is 4.79 Å². The van der Waals surface area contributed by atoms with E-state index in [1.54, 1.807) is 43.5 Å². The maximum absolute atomic E-state index is 12.5. The van der Waals surface area contributed by atoms with Gasteiger partial charge in [-0.25, -0.2) is 0 Å². The van der Waals surface area contributed by atoms with Crippen molar-refractivity contribution in [3.63, 3.8) is 0 Å². The number of imide groups is 1. The largest absolute Gasteiger partial charge is 0.496 e. The van der Waals surface area contributed by atoms with Crippen molar-refractivity contribution < 1.29 is 19.1 Å². The van der Waals surface area contributed by atoms with E-state index in [0.29, 0.717) is 21.4 Å². The van der Waals surface area contributed by atoms with Crippen molar-refractivity contribution in [1.82, 2.24) is 4.90 Å². The Morgan fingerprint density at radius 3 is 2.59 bits per heavy atom. The summed E-state index contributed by atoms with van der Waals surface area (Å²) in [7, 11) is 1.58. The minimum atomic E-state index is -0.323. The Hall–Kier alpha value is -1.96. The SMILES string of the molecule is COc1ccc(/C=C2\SC(=O)N(CCOc3ccc(Cl)cc3)C2=O)cc1Br. The molecule has 1 aliphatic heterocycles. The third kappa shape index (κ3) is 4.86. The molecule has 3 rings (SSSR count). The molecule has 8 heteroatoms. The van der Waals surface area contributed by atoms with Gasteiger partial charge in [-0.05, 0) is 75.7 Å². The summed E-state index contributed by atoms with van der Waals surface area (Å²) in [4.78, 5) is 26.3. The molecule has 0 atom stereocenters. The van der Waals surface area contributed by atoms with E-state index in [1.165, 1.54) is 4.90 Å². The van der Waals surface area contributed by atoms with Gasteiger partial charge in [0.05, 0.1) is 23.0 Å². The lowest BCUT2D eigenvalue weighted by molar-refractivity contribution is -0.123. The smallest absolute Gasteiger partial charge is 0.293 e. The van der Waals surface area contributed by atoms with Gasteiger partial charge >= 0.3 is 0 Å². The quantitative estimate of drug-likeness (QED) is 0.544. The molecule has 1 fully saturated rings. The van der Waals surface area contributed by atoms with Crippen LogP contribution in [0, 0.1) is 0 Å². The molecule has 0 unspecified atom stereocenters. The zero-order valence-corrected chi connectivity index (χ0v) is 17.4. The molecule has 2 amide bonds. The molecule has 27 heavy (non-hydrogen) atoms.